The molecule has 0 saturated carbocycles. The van der Waals surface area contributed by atoms with Gasteiger partial charge in [-0.05, 0) is 55.0 Å². The van der Waals surface area contributed by atoms with Crippen LogP contribution in [0.25, 0.3) is 31.8 Å². The number of nitrogens with zero attached hydrogens (tertiary/aromatic N) is 1. The molecule has 0 saturated heterocycles. The Hall–Kier alpha value is -3.84. The zero-order chi connectivity index (χ0) is 23.5. The molecule has 7 heteroatoms. The van der Waals surface area contributed by atoms with Gasteiger partial charge in [-0.3, -0.25) is 0 Å². The van der Waals surface area contributed by atoms with Crippen LogP contribution in [-0.2, 0) is 0 Å². The molecule has 0 unspecified atom stereocenters. The molecule has 0 radical (unpaired) electrons. The van der Waals surface area contributed by atoms with Gasteiger partial charge in [0.1, 0.15) is 16.3 Å². The number of aromatic nitrogens is 1. The largest absolute Gasteiger partial charge is 0.493 e. The van der Waals surface area contributed by atoms with Crippen LogP contribution in [0.2, 0.25) is 0 Å². The van der Waals surface area contributed by atoms with Crippen molar-refractivity contribution in [1.29, 1.82) is 0 Å². The second-order valence-electron chi connectivity index (χ2n) is 7.81. The number of thiazole rings is 1. The third-order valence-corrected chi connectivity index (χ3v) is 6.53. The Bertz CT molecular complexity index is 1490. The van der Waals surface area contributed by atoms with E-state index < -0.39 is 0 Å². The molecule has 0 aliphatic heterocycles. The molecule has 6 nitrogen and oxygen atoms in total. The van der Waals surface area contributed by atoms with Gasteiger partial charge in [0.2, 0.25) is 0 Å². The van der Waals surface area contributed by atoms with E-state index in [1.54, 1.807) is 24.5 Å². The first-order valence-corrected chi connectivity index (χ1v) is 11.8. The predicted octanol–water partition coefficient (Wildman–Crippen LogP) is 6.23. The minimum Gasteiger partial charge on any atom is -0.493 e. The molecule has 0 aliphatic rings. The van der Waals surface area contributed by atoms with E-state index in [0.29, 0.717) is 42.5 Å². The van der Waals surface area contributed by atoms with Gasteiger partial charge in [0.15, 0.2) is 11.5 Å². The summed E-state index contributed by atoms with van der Waals surface area (Å²) >= 11 is 1.65. The summed E-state index contributed by atoms with van der Waals surface area (Å²) in [5.74, 6) is 1.99. The fourth-order valence-corrected chi connectivity index (χ4v) is 4.70. The number of hydrogen-bond donors (Lipinski definition) is 0. The molecule has 0 atom stereocenters. The minimum absolute atomic E-state index is 0.362. The number of benzene rings is 3. The van der Waals surface area contributed by atoms with E-state index in [9.17, 15) is 4.79 Å². The number of aryl methyl sites for hydroxylation is 1. The zero-order valence-corrected chi connectivity index (χ0v) is 19.7. The SMILES string of the molecule is COc1cc(-c2nc3ccccc3s2)ccc1OCCCOc1ccc2c(C)cc(=O)oc2c1. The molecule has 0 fully saturated rings. The summed E-state index contributed by atoms with van der Waals surface area (Å²) in [6.07, 6.45) is 0.679. The Balaban J connectivity index is 1.19. The molecule has 3 aromatic carbocycles. The Kier molecular flexibility index (Phi) is 6.18. The summed E-state index contributed by atoms with van der Waals surface area (Å²) in [7, 11) is 1.63. The summed E-state index contributed by atoms with van der Waals surface area (Å²) in [5, 5.41) is 1.84. The predicted molar refractivity (Wildman–Crippen MR) is 134 cm³/mol. The normalized spacial score (nSPS) is 11.1. The average molecular weight is 474 g/mol. The number of hydrogen-bond acceptors (Lipinski definition) is 7. The van der Waals surface area contributed by atoms with Crippen molar-refractivity contribution in [3.05, 3.63) is 82.7 Å². The van der Waals surface area contributed by atoms with Crippen LogP contribution in [0, 0.1) is 6.92 Å². The molecule has 34 heavy (non-hydrogen) atoms. The summed E-state index contributed by atoms with van der Waals surface area (Å²) in [4.78, 5) is 16.3. The van der Waals surface area contributed by atoms with Gasteiger partial charge in [-0.2, -0.15) is 0 Å². The van der Waals surface area contributed by atoms with E-state index in [0.717, 1.165) is 31.7 Å². The monoisotopic (exact) mass is 473 g/mol. The van der Waals surface area contributed by atoms with Crippen LogP contribution in [-0.4, -0.2) is 25.3 Å². The van der Waals surface area contributed by atoms with Crippen LogP contribution in [0.3, 0.4) is 0 Å². The van der Waals surface area contributed by atoms with Gasteiger partial charge in [0.05, 0.1) is 30.5 Å². The standard InChI is InChI=1S/C27H23NO5S/c1-17-14-26(29)33-23-16-19(9-10-20(17)23)31-12-5-13-32-22-11-8-18(15-24(22)30-2)27-28-21-6-3-4-7-25(21)34-27/h3-4,6-11,14-16H,5,12-13H2,1-2H3. The maximum atomic E-state index is 11.6. The van der Waals surface area contributed by atoms with E-state index >= 15 is 0 Å². The molecule has 172 valence electrons. The molecule has 0 bridgehead atoms. The molecular formula is C27H23NO5S. The van der Waals surface area contributed by atoms with Gasteiger partial charge in [-0.25, -0.2) is 9.78 Å². The molecule has 0 spiro atoms. The van der Waals surface area contributed by atoms with Crippen LogP contribution in [0.4, 0.5) is 0 Å². The third-order valence-electron chi connectivity index (χ3n) is 5.44. The van der Waals surface area contributed by atoms with Gasteiger partial charge >= 0.3 is 5.63 Å². The molecule has 2 aromatic heterocycles. The van der Waals surface area contributed by atoms with E-state index in [-0.39, 0.29) is 5.63 Å². The highest BCUT2D eigenvalue weighted by Crippen LogP contribution is 2.36. The van der Waals surface area contributed by atoms with E-state index in [1.165, 1.54) is 6.07 Å². The lowest BCUT2D eigenvalue weighted by Gasteiger charge is -2.12. The van der Waals surface area contributed by atoms with Gasteiger partial charge in [-0.15, -0.1) is 11.3 Å². The Morgan fingerprint density at radius 1 is 0.941 bits per heavy atom. The van der Waals surface area contributed by atoms with Crippen molar-refractivity contribution in [1.82, 2.24) is 4.98 Å². The summed E-state index contributed by atoms with van der Waals surface area (Å²) in [5.41, 5.74) is 3.03. The topological polar surface area (TPSA) is 70.8 Å². The molecule has 2 heterocycles. The lowest BCUT2D eigenvalue weighted by atomic mass is 10.1. The smallest absolute Gasteiger partial charge is 0.336 e. The van der Waals surface area contributed by atoms with Crippen molar-refractivity contribution in [3.8, 4) is 27.8 Å². The van der Waals surface area contributed by atoms with E-state index in [1.807, 2.05) is 55.5 Å². The zero-order valence-electron chi connectivity index (χ0n) is 18.9. The van der Waals surface area contributed by atoms with Crippen molar-refractivity contribution in [3.63, 3.8) is 0 Å². The number of para-hydroxylation sites is 1. The molecule has 5 rings (SSSR count). The lowest BCUT2D eigenvalue weighted by molar-refractivity contribution is 0.240. The van der Waals surface area contributed by atoms with E-state index in [4.69, 9.17) is 23.6 Å². The maximum absolute atomic E-state index is 11.6. The highest BCUT2D eigenvalue weighted by atomic mass is 32.1. The van der Waals surface area contributed by atoms with Crippen molar-refractivity contribution in [2.24, 2.45) is 0 Å². The quantitative estimate of drug-likeness (QED) is 0.196. The summed E-state index contributed by atoms with van der Waals surface area (Å²) in [6, 6.07) is 21.0. The molecule has 0 aliphatic carbocycles. The van der Waals surface area contributed by atoms with Gasteiger partial charge < -0.3 is 18.6 Å². The Labute approximate surface area is 200 Å². The van der Waals surface area contributed by atoms with Crippen molar-refractivity contribution in [2.45, 2.75) is 13.3 Å². The fourth-order valence-electron chi connectivity index (χ4n) is 3.74. The second-order valence-corrected chi connectivity index (χ2v) is 8.84. The van der Waals surface area contributed by atoms with E-state index in [2.05, 4.69) is 6.07 Å². The number of ether oxygens (including phenoxy) is 3. The average Bonchev–Trinajstić information content (AvgIpc) is 3.28. The highest BCUT2D eigenvalue weighted by Gasteiger charge is 2.11. The van der Waals surface area contributed by atoms with Crippen LogP contribution in [0.15, 0.2) is 75.9 Å². The van der Waals surface area contributed by atoms with Crippen molar-refractivity contribution in [2.75, 3.05) is 20.3 Å². The van der Waals surface area contributed by atoms with Crippen LogP contribution in [0.1, 0.15) is 12.0 Å². The van der Waals surface area contributed by atoms with Crippen LogP contribution >= 0.6 is 11.3 Å². The first-order valence-electron chi connectivity index (χ1n) is 10.9. The molecule has 0 amide bonds. The van der Waals surface area contributed by atoms with Crippen molar-refractivity contribution < 1.29 is 18.6 Å². The Morgan fingerprint density at radius 3 is 2.65 bits per heavy atom. The van der Waals surface area contributed by atoms with Crippen molar-refractivity contribution >= 4 is 32.5 Å². The first kappa shape index (κ1) is 22.0. The van der Waals surface area contributed by atoms with Crippen LogP contribution < -0.4 is 19.8 Å². The van der Waals surface area contributed by atoms with Gasteiger partial charge in [0, 0.05) is 29.5 Å². The minimum atomic E-state index is -0.362. The molecule has 0 N–H and O–H groups in total. The molecule has 5 aromatic rings. The fraction of sp³-hybridized carbons (Fsp3) is 0.185. The number of rotatable bonds is 8. The first-order chi connectivity index (χ1) is 16.6. The third kappa shape index (κ3) is 4.61. The van der Waals surface area contributed by atoms with Gasteiger partial charge in [0.25, 0.3) is 0 Å². The number of fused-ring (bicyclic) bond motifs is 2. The Morgan fingerprint density at radius 2 is 1.79 bits per heavy atom. The maximum Gasteiger partial charge on any atom is 0.336 e. The van der Waals surface area contributed by atoms with Gasteiger partial charge in [-0.1, -0.05) is 12.1 Å². The number of methoxy groups -OCH3 is 1. The second kappa shape index (κ2) is 9.57. The molecular weight excluding hydrogens is 450 g/mol. The summed E-state index contributed by atoms with van der Waals surface area (Å²) < 4.78 is 23.7. The lowest BCUT2D eigenvalue weighted by Crippen LogP contribution is -2.06. The summed E-state index contributed by atoms with van der Waals surface area (Å²) in [6.45, 7) is 2.82. The highest BCUT2D eigenvalue weighted by molar-refractivity contribution is 7.21. The van der Waals surface area contributed by atoms with Crippen LogP contribution in [0.5, 0.6) is 17.2 Å².